The van der Waals surface area contributed by atoms with Crippen molar-refractivity contribution in [1.29, 1.82) is 0 Å². The molecule has 0 aliphatic heterocycles. The van der Waals surface area contributed by atoms with Crippen molar-refractivity contribution in [3.63, 3.8) is 0 Å². The third-order valence-corrected chi connectivity index (χ3v) is 2.84. The highest BCUT2D eigenvalue weighted by Gasteiger charge is 2.02. The second kappa shape index (κ2) is 9.93. The Hall–Kier alpha value is -0.260. The van der Waals surface area contributed by atoms with Gasteiger partial charge in [0.25, 0.3) is 0 Å². The van der Waals surface area contributed by atoms with Crippen molar-refractivity contribution in [3.05, 3.63) is 12.2 Å². The minimum atomic E-state index is 0.361. The molecule has 0 rings (SSSR count). The van der Waals surface area contributed by atoms with Crippen molar-refractivity contribution in [3.8, 4) is 0 Å². The molecular weight excluding hydrogens is 192 g/mol. The largest absolute Gasteiger partial charge is 0.0880 e. The minimum absolute atomic E-state index is 0.361. The molecule has 0 aromatic rings. The fourth-order valence-corrected chi connectivity index (χ4v) is 1.83. The Balaban J connectivity index is 3.13. The fraction of sp³-hybridized carbons (Fsp3) is 0.875. The number of unbranched alkanes of at least 4 members (excludes halogenated alkanes) is 8. The van der Waals surface area contributed by atoms with Gasteiger partial charge in [0.1, 0.15) is 0 Å². The summed E-state index contributed by atoms with van der Waals surface area (Å²) < 4.78 is 0. The minimum Gasteiger partial charge on any atom is -0.0880 e. The maximum Gasteiger partial charge on any atom is -0.0203 e. The van der Waals surface area contributed by atoms with Crippen molar-refractivity contribution >= 4 is 0 Å². The SMILES string of the molecule is CCCCCCCCCC/C=C/C(C)(C)C. The van der Waals surface area contributed by atoms with E-state index in [0.29, 0.717) is 5.41 Å². The first-order chi connectivity index (χ1) is 7.56. The van der Waals surface area contributed by atoms with Crippen molar-refractivity contribution < 1.29 is 0 Å². The maximum atomic E-state index is 2.36. The zero-order chi connectivity index (χ0) is 12.3. The van der Waals surface area contributed by atoms with E-state index in [4.69, 9.17) is 0 Å². The quantitative estimate of drug-likeness (QED) is 0.327. The zero-order valence-electron chi connectivity index (χ0n) is 12.0. The molecular formula is C16H32. The van der Waals surface area contributed by atoms with E-state index in [2.05, 4.69) is 39.8 Å². The van der Waals surface area contributed by atoms with Crippen molar-refractivity contribution in [1.82, 2.24) is 0 Å². The van der Waals surface area contributed by atoms with E-state index >= 15 is 0 Å². The number of hydrogen-bond donors (Lipinski definition) is 0. The van der Waals surface area contributed by atoms with Crippen LogP contribution in [0.5, 0.6) is 0 Å². The summed E-state index contributed by atoms with van der Waals surface area (Å²) in [5.74, 6) is 0. The van der Waals surface area contributed by atoms with Gasteiger partial charge in [0.2, 0.25) is 0 Å². The van der Waals surface area contributed by atoms with Gasteiger partial charge in [-0.05, 0) is 18.3 Å². The van der Waals surface area contributed by atoms with Crippen LogP contribution in [0.2, 0.25) is 0 Å². The number of hydrogen-bond acceptors (Lipinski definition) is 0. The van der Waals surface area contributed by atoms with E-state index in [-0.39, 0.29) is 0 Å². The Labute approximate surface area is 104 Å². The summed E-state index contributed by atoms with van der Waals surface area (Å²) in [6, 6.07) is 0. The first-order valence-electron chi connectivity index (χ1n) is 7.24. The normalized spacial score (nSPS) is 12.5. The summed E-state index contributed by atoms with van der Waals surface area (Å²) >= 11 is 0. The van der Waals surface area contributed by atoms with Crippen LogP contribution in [0.3, 0.4) is 0 Å². The van der Waals surface area contributed by atoms with Gasteiger partial charge in [0, 0.05) is 0 Å². The van der Waals surface area contributed by atoms with Crippen molar-refractivity contribution in [2.24, 2.45) is 5.41 Å². The molecule has 0 aliphatic rings. The summed E-state index contributed by atoms with van der Waals surface area (Å²) in [5, 5.41) is 0. The van der Waals surface area contributed by atoms with E-state index in [9.17, 15) is 0 Å². The lowest BCUT2D eigenvalue weighted by atomic mass is 9.95. The summed E-state index contributed by atoms with van der Waals surface area (Å²) in [4.78, 5) is 0. The lowest BCUT2D eigenvalue weighted by Crippen LogP contribution is -1.98. The highest BCUT2D eigenvalue weighted by atomic mass is 14.1. The van der Waals surface area contributed by atoms with Crippen LogP contribution in [0.25, 0.3) is 0 Å². The molecule has 0 bridgehead atoms. The Morgan fingerprint density at radius 2 is 1.25 bits per heavy atom. The van der Waals surface area contributed by atoms with Crippen LogP contribution in [0.4, 0.5) is 0 Å². The summed E-state index contributed by atoms with van der Waals surface area (Å²) in [5.41, 5.74) is 0.361. The van der Waals surface area contributed by atoms with Crippen LogP contribution < -0.4 is 0 Å². The van der Waals surface area contributed by atoms with E-state index in [1.54, 1.807) is 0 Å². The highest BCUT2D eigenvalue weighted by molar-refractivity contribution is 4.91. The monoisotopic (exact) mass is 224 g/mol. The summed E-state index contributed by atoms with van der Waals surface area (Å²) in [6.07, 6.45) is 17.3. The van der Waals surface area contributed by atoms with Gasteiger partial charge >= 0.3 is 0 Å². The van der Waals surface area contributed by atoms with E-state index < -0.39 is 0 Å². The highest BCUT2D eigenvalue weighted by Crippen LogP contribution is 2.16. The van der Waals surface area contributed by atoms with Crippen molar-refractivity contribution in [2.45, 2.75) is 85.5 Å². The van der Waals surface area contributed by atoms with E-state index in [1.807, 2.05) is 0 Å². The Morgan fingerprint density at radius 3 is 1.75 bits per heavy atom. The first kappa shape index (κ1) is 15.7. The molecule has 0 saturated heterocycles. The van der Waals surface area contributed by atoms with E-state index in [1.165, 1.54) is 57.8 Å². The van der Waals surface area contributed by atoms with Gasteiger partial charge in [-0.3, -0.25) is 0 Å². The molecule has 0 N–H and O–H groups in total. The van der Waals surface area contributed by atoms with Crippen molar-refractivity contribution in [2.75, 3.05) is 0 Å². The molecule has 0 aromatic carbocycles. The number of allylic oxidation sites excluding steroid dienone is 2. The molecule has 0 fully saturated rings. The Kier molecular flexibility index (Phi) is 9.77. The van der Waals surface area contributed by atoms with Crippen LogP contribution in [0.1, 0.15) is 85.5 Å². The third kappa shape index (κ3) is 13.7. The Bertz CT molecular complexity index is 159. The molecule has 0 heterocycles. The molecule has 96 valence electrons. The van der Waals surface area contributed by atoms with Gasteiger partial charge in [-0.15, -0.1) is 0 Å². The van der Waals surface area contributed by atoms with Gasteiger partial charge in [-0.25, -0.2) is 0 Å². The second-order valence-electron chi connectivity index (χ2n) is 6.03. The smallest absolute Gasteiger partial charge is 0.0203 e. The molecule has 0 amide bonds. The molecule has 0 heteroatoms. The zero-order valence-corrected chi connectivity index (χ0v) is 12.0. The predicted molar refractivity (Wildman–Crippen MR) is 75.8 cm³/mol. The molecule has 0 atom stereocenters. The molecule has 0 unspecified atom stereocenters. The second-order valence-corrected chi connectivity index (χ2v) is 6.03. The van der Waals surface area contributed by atoms with Gasteiger partial charge in [-0.1, -0.05) is 84.8 Å². The average molecular weight is 224 g/mol. The lowest BCUT2D eigenvalue weighted by molar-refractivity contribution is 0.539. The fourth-order valence-electron chi connectivity index (χ4n) is 1.83. The molecule has 0 aliphatic carbocycles. The average Bonchev–Trinajstić information content (AvgIpc) is 2.19. The van der Waals surface area contributed by atoms with Crippen LogP contribution in [-0.4, -0.2) is 0 Å². The van der Waals surface area contributed by atoms with Crippen LogP contribution in [-0.2, 0) is 0 Å². The molecule has 16 heavy (non-hydrogen) atoms. The lowest BCUT2D eigenvalue weighted by Gasteiger charge is -2.10. The van der Waals surface area contributed by atoms with Crippen LogP contribution in [0.15, 0.2) is 12.2 Å². The van der Waals surface area contributed by atoms with E-state index in [0.717, 1.165) is 0 Å². The molecule has 0 radical (unpaired) electrons. The third-order valence-electron chi connectivity index (χ3n) is 2.84. The van der Waals surface area contributed by atoms with Gasteiger partial charge in [0.15, 0.2) is 0 Å². The molecule has 0 saturated carbocycles. The van der Waals surface area contributed by atoms with Gasteiger partial charge in [0.05, 0.1) is 0 Å². The Morgan fingerprint density at radius 1 is 0.750 bits per heavy atom. The van der Waals surface area contributed by atoms with Gasteiger partial charge < -0.3 is 0 Å². The first-order valence-corrected chi connectivity index (χ1v) is 7.24. The molecule has 0 nitrogen and oxygen atoms in total. The summed E-state index contributed by atoms with van der Waals surface area (Å²) in [7, 11) is 0. The maximum absolute atomic E-state index is 2.36. The van der Waals surface area contributed by atoms with Crippen LogP contribution in [0, 0.1) is 5.41 Å². The van der Waals surface area contributed by atoms with Crippen LogP contribution >= 0.6 is 0 Å². The number of rotatable bonds is 9. The van der Waals surface area contributed by atoms with Gasteiger partial charge in [-0.2, -0.15) is 0 Å². The topological polar surface area (TPSA) is 0 Å². The standard InChI is InChI=1S/C16H32/c1-5-6-7-8-9-10-11-12-13-14-15-16(2,3)4/h14-15H,5-13H2,1-4H3/b15-14+. The summed E-state index contributed by atoms with van der Waals surface area (Å²) in [6.45, 7) is 9.06. The molecule has 0 aromatic heterocycles. The molecule has 0 spiro atoms. The predicted octanol–water partition coefficient (Wildman–Crippen LogP) is 6.12.